The number of rotatable bonds is 4. The number of amides is 1. The van der Waals surface area contributed by atoms with Gasteiger partial charge in [-0.15, -0.1) is 0 Å². The van der Waals surface area contributed by atoms with Crippen molar-refractivity contribution in [2.75, 3.05) is 30.3 Å². The fourth-order valence-electron chi connectivity index (χ4n) is 3.61. The molecule has 26 heavy (non-hydrogen) atoms. The second kappa shape index (κ2) is 7.26. The maximum atomic E-state index is 12.3. The number of nitrogens with zero attached hydrogens (tertiary/aromatic N) is 2. The maximum absolute atomic E-state index is 12.3. The standard InChI is InChI=1S/C18H24N2O5S/c1-13-5-3-4-9-19(13)17(21)12-25-18(22)15-6-7-16-14(11-15)8-10-20(16)26(2,23)24/h6-7,11,13H,3-5,8-10,12H2,1-2H3/t13-/m1/s1. The van der Waals surface area contributed by atoms with Gasteiger partial charge in [-0.05, 0) is 56.4 Å². The van der Waals surface area contributed by atoms with Gasteiger partial charge in [0.25, 0.3) is 5.91 Å². The van der Waals surface area contributed by atoms with Gasteiger partial charge in [0.2, 0.25) is 10.0 Å². The van der Waals surface area contributed by atoms with E-state index in [0.717, 1.165) is 31.1 Å². The molecule has 1 amide bonds. The molecule has 0 spiro atoms. The number of fused-ring (bicyclic) bond motifs is 1. The molecule has 0 radical (unpaired) electrons. The number of carbonyl (C=O) groups is 2. The fraction of sp³-hybridized carbons (Fsp3) is 0.556. The summed E-state index contributed by atoms with van der Waals surface area (Å²) in [7, 11) is -3.32. The summed E-state index contributed by atoms with van der Waals surface area (Å²) >= 11 is 0. The number of esters is 1. The van der Waals surface area contributed by atoms with Crippen molar-refractivity contribution in [1.82, 2.24) is 4.90 Å². The van der Waals surface area contributed by atoms with E-state index in [1.165, 1.54) is 4.31 Å². The quantitative estimate of drug-likeness (QED) is 0.741. The van der Waals surface area contributed by atoms with Gasteiger partial charge in [-0.1, -0.05) is 0 Å². The summed E-state index contributed by atoms with van der Waals surface area (Å²) in [4.78, 5) is 26.3. The van der Waals surface area contributed by atoms with Crippen LogP contribution >= 0.6 is 0 Å². The Kier molecular flexibility index (Phi) is 5.22. The Morgan fingerprint density at radius 1 is 1.23 bits per heavy atom. The summed E-state index contributed by atoms with van der Waals surface area (Å²) in [5.74, 6) is -0.737. The molecule has 1 aromatic carbocycles. The van der Waals surface area contributed by atoms with E-state index in [1.807, 2.05) is 6.92 Å². The second-order valence-electron chi connectivity index (χ2n) is 6.94. The molecular formula is C18H24N2O5S. The van der Waals surface area contributed by atoms with Gasteiger partial charge in [0, 0.05) is 19.1 Å². The number of likely N-dealkylation sites (tertiary alicyclic amines) is 1. The molecule has 142 valence electrons. The first-order valence-corrected chi connectivity index (χ1v) is 10.7. The third-order valence-electron chi connectivity index (χ3n) is 5.02. The lowest BCUT2D eigenvalue weighted by atomic mass is 10.0. The van der Waals surface area contributed by atoms with Gasteiger partial charge in [0.15, 0.2) is 6.61 Å². The van der Waals surface area contributed by atoms with Crippen molar-refractivity contribution in [3.63, 3.8) is 0 Å². The van der Waals surface area contributed by atoms with E-state index in [4.69, 9.17) is 4.74 Å². The molecule has 2 heterocycles. The molecule has 2 aliphatic heterocycles. The van der Waals surface area contributed by atoms with Gasteiger partial charge in [0.05, 0.1) is 17.5 Å². The molecule has 0 bridgehead atoms. The van der Waals surface area contributed by atoms with Crippen molar-refractivity contribution in [3.8, 4) is 0 Å². The smallest absolute Gasteiger partial charge is 0.338 e. The molecule has 1 fully saturated rings. The maximum Gasteiger partial charge on any atom is 0.338 e. The zero-order chi connectivity index (χ0) is 18.9. The van der Waals surface area contributed by atoms with Crippen molar-refractivity contribution in [1.29, 1.82) is 0 Å². The van der Waals surface area contributed by atoms with Gasteiger partial charge >= 0.3 is 5.97 Å². The molecule has 0 saturated carbocycles. The van der Waals surface area contributed by atoms with Crippen molar-refractivity contribution in [2.24, 2.45) is 0 Å². The number of ether oxygens (including phenoxy) is 1. The summed E-state index contributed by atoms with van der Waals surface area (Å²) < 4.78 is 30.0. The fourth-order valence-corrected chi connectivity index (χ4v) is 4.56. The van der Waals surface area contributed by atoms with E-state index in [2.05, 4.69) is 0 Å². The Balaban J connectivity index is 1.63. The highest BCUT2D eigenvalue weighted by Gasteiger charge is 2.28. The average molecular weight is 380 g/mol. The Labute approximate surface area is 154 Å². The predicted molar refractivity (Wildman–Crippen MR) is 97.6 cm³/mol. The van der Waals surface area contributed by atoms with E-state index in [0.29, 0.717) is 30.8 Å². The monoisotopic (exact) mass is 380 g/mol. The minimum absolute atomic E-state index is 0.171. The number of anilines is 1. The molecule has 1 atom stereocenters. The zero-order valence-corrected chi connectivity index (χ0v) is 15.9. The third kappa shape index (κ3) is 3.85. The Morgan fingerprint density at radius 3 is 2.69 bits per heavy atom. The van der Waals surface area contributed by atoms with Crippen LogP contribution in [0.15, 0.2) is 18.2 Å². The van der Waals surface area contributed by atoms with Crippen LogP contribution in [-0.2, 0) is 26.0 Å². The van der Waals surface area contributed by atoms with Gasteiger partial charge in [-0.3, -0.25) is 9.10 Å². The van der Waals surface area contributed by atoms with Crippen LogP contribution in [-0.4, -0.2) is 57.2 Å². The number of hydrogen-bond acceptors (Lipinski definition) is 5. The minimum Gasteiger partial charge on any atom is -0.452 e. The predicted octanol–water partition coefficient (Wildman–Crippen LogP) is 1.57. The molecule has 0 unspecified atom stereocenters. The van der Waals surface area contributed by atoms with Crippen LogP contribution in [0.3, 0.4) is 0 Å². The molecule has 0 N–H and O–H groups in total. The molecule has 1 aromatic rings. The van der Waals surface area contributed by atoms with E-state index in [-0.39, 0.29) is 18.6 Å². The van der Waals surface area contributed by atoms with Crippen LogP contribution in [0, 0.1) is 0 Å². The number of hydrogen-bond donors (Lipinski definition) is 0. The highest BCUT2D eigenvalue weighted by molar-refractivity contribution is 7.92. The van der Waals surface area contributed by atoms with Crippen LogP contribution < -0.4 is 4.31 Å². The lowest BCUT2D eigenvalue weighted by Crippen LogP contribution is -2.44. The van der Waals surface area contributed by atoms with Gasteiger partial charge < -0.3 is 9.64 Å². The molecule has 0 aromatic heterocycles. The van der Waals surface area contributed by atoms with E-state index >= 15 is 0 Å². The van der Waals surface area contributed by atoms with Crippen molar-refractivity contribution >= 4 is 27.6 Å². The minimum atomic E-state index is -3.32. The highest BCUT2D eigenvalue weighted by atomic mass is 32.2. The second-order valence-corrected chi connectivity index (χ2v) is 8.84. The normalized spacial score (nSPS) is 20.0. The van der Waals surface area contributed by atoms with Gasteiger partial charge in [0.1, 0.15) is 0 Å². The Morgan fingerprint density at radius 2 is 2.00 bits per heavy atom. The van der Waals surface area contributed by atoms with E-state index < -0.39 is 16.0 Å². The molecule has 1 saturated heterocycles. The average Bonchev–Trinajstić information content (AvgIpc) is 3.03. The molecule has 7 nitrogen and oxygen atoms in total. The molecule has 2 aliphatic rings. The Bertz CT molecular complexity index is 821. The summed E-state index contributed by atoms with van der Waals surface area (Å²) in [5.41, 5.74) is 1.72. The number of carbonyl (C=O) groups excluding carboxylic acids is 2. The lowest BCUT2D eigenvalue weighted by molar-refractivity contribution is -0.137. The SMILES string of the molecule is C[C@@H]1CCCCN1C(=O)COC(=O)c1ccc2c(c1)CCN2S(C)(=O)=O. The number of benzene rings is 1. The summed E-state index contributed by atoms with van der Waals surface area (Å²) in [6.45, 7) is 2.82. The zero-order valence-electron chi connectivity index (χ0n) is 15.1. The Hall–Kier alpha value is -2.09. The largest absolute Gasteiger partial charge is 0.452 e. The molecule has 0 aliphatic carbocycles. The van der Waals surface area contributed by atoms with Crippen molar-refractivity contribution in [2.45, 2.75) is 38.6 Å². The number of sulfonamides is 1. The first-order chi connectivity index (χ1) is 12.3. The molecular weight excluding hydrogens is 356 g/mol. The van der Waals surface area contributed by atoms with Crippen LogP contribution in [0.1, 0.15) is 42.1 Å². The van der Waals surface area contributed by atoms with Crippen LogP contribution in [0.4, 0.5) is 5.69 Å². The van der Waals surface area contributed by atoms with E-state index in [1.54, 1.807) is 23.1 Å². The van der Waals surface area contributed by atoms with E-state index in [9.17, 15) is 18.0 Å². The summed E-state index contributed by atoms with van der Waals surface area (Å²) in [5, 5.41) is 0. The lowest BCUT2D eigenvalue weighted by Gasteiger charge is -2.33. The van der Waals surface area contributed by atoms with Crippen molar-refractivity contribution in [3.05, 3.63) is 29.3 Å². The van der Waals surface area contributed by atoms with Crippen LogP contribution in [0.2, 0.25) is 0 Å². The van der Waals surface area contributed by atoms with Crippen molar-refractivity contribution < 1.29 is 22.7 Å². The topological polar surface area (TPSA) is 84.0 Å². The highest BCUT2D eigenvalue weighted by Crippen LogP contribution is 2.30. The van der Waals surface area contributed by atoms with Crippen LogP contribution in [0.5, 0.6) is 0 Å². The number of piperidine rings is 1. The molecule has 3 rings (SSSR count). The summed E-state index contributed by atoms with van der Waals surface area (Å²) in [6.07, 6.45) is 4.78. The molecule has 8 heteroatoms. The van der Waals surface area contributed by atoms with Gasteiger partial charge in [-0.25, -0.2) is 13.2 Å². The first kappa shape index (κ1) is 18.7. The summed E-state index contributed by atoms with van der Waals surface area (Å²) in [6, 6.07) is 4.99. The third-order valence-corrected chi connectivity index (χ3v) is 6.20. The first-order valence-electron chi connectivity index (χ1n) is 8.84. The van der Waals surface area contributed by atoms with Gasteiger partial charge in [-0.2, -0.15) is 0 Å². The van der Waals surface area contributed by atoms with Crippen LogP contribution in [0.25, 0.3) is 0 Å².